The number of amides is 1. The molecule has 1 amide bonds. The first kappa shape index (κ1) is 21.5. The summed E-state index contributed by atoms with van der Waals surface area (Å²) in [5, 5.41) is 13.4. The molecule has 0 atom stereocenters. The Labute approximate surface area is 181 Å². The van der Waals surface area contributed by atoms with Crippen LogP contribution in [0.4, 0.5) is 18.9 Å². The first-order valence-corrected chi connectivity index (χ1v) is 9.87. The number of alkyl halides is 3. The second-order valence-electron chi connectivity index (χ2n) is 7.33. The van der Waals surface area contributed by atoms with Crippen molar-refractivity contribution in [1.82, 2.24) is 10.1 Å². The van der Waals surface area contributed by atoms with Crippen molar-refractivity contribution in [2.45, 2.75) is 13.3 Å². The molecule has 10 heteroatoms. The maximum Gasteiger partial charge on any atom is 0.573 e. The average Bonchev–Trinajstić information content (AvgIpc) is 3.14. The van der Waals surface area contributed by atoms with Crippen LogP contribution in [0.5, 0.6) is 11.5 Å². The lowest BCUT2D eigenvalue weighted by Crippen LogP contribution is -2.49. The van der Waals surface area contributed by atoms with Crippen LogP contribution in [0.2, 0.25) is 0 Å². The Kier molecular flexibility index (Phi) is 5.68. The van der Waals surface area contributed by atoms with E-state index in [4.69, 9.17) is 4.52 Å². The van der Waals surface area contributed by atoms with Crippen LogP contribution in [-0.4, -0.2) is 53.6 Å². The predicted molar refractivity (Wildman–Crippen MR) is 110 cm³/mol. The van der Waals surface area contributed by atoms with Crippen molar-refractivity contribution in [3.63, 3.8) is 0 Å². The lowest BCUT2D eigenvalue weighted by atomic mass is 10.0. The van der Waals surface area contributed by atoms with E-state index >= 15 is 0 Å². The summed E-state index contributed by atoms with van der Waals surface area (Å²) < 4.78 is 46.9. The number of aromatic nitrogens is 1. The third-order valence-electron chi connectivity index (χ3n) is 5.20. The molecule has 1 aliphatic heterocycles. The van der Waals surface area contributed by atoms with Gasteiger partial charge in [-0.1, -0.05) is 17.3 Å². The van der Waals surface area contributed by atoms with Gasteiger partial charge in [0.25, 0.3) is 5.91 Å². The zero-order chi connectivity index (χ0) is 22.9. The Morgan fingerprint density at radius 3 is 2.44 bits per heavy atom. The smallest absolute Gasteiger partial charge is 0.508 e. The number of hydrogen-bond donors (Lipinski definition) is 1. The number of aryl methyl sites for hydroxylation is 1. The minimum atomic E-state index is -4.83. The van der Waals surface area contributed by atoms with E-state index < -0.39 is 12.1 Å². The fourth-order valence-corrected chi connectivity index (χ4v) is 3.65. The van der Waals surface area contributed by atoms with Gasteiger partial charge in [-0.05, 0) is 43.3 Å². The van der Waals surface area contributed by atoms with Crippen LogP contribution >= 0.6 is 0 Å². The number of nitrogens with zero attached hydrogens (tertiary/aromatic N) is 3. The number of halogens is 3. The summed E-state index contributed by atoms with van der Waals surface area (Å²) in [5.74, 6) is -0.237. The van der Waals surface area contributed by atoms with Gasteiger partial charge in [-0.3, -0.25) is 4.79 Å². The van der Waals surface area contributed by atoms with Crippen molar-refractivity contribution in [1.29, 1.82) is 0 Å². The van der Waals surface area contributed by atoms with Gasteiger partial charge in [0.1, 0.15) is 28.5 Å². The Hall–Kier alpha value is -3.69. The molecule has 0 unspecified atom stereocenters. The lowest BCUT2D eigenvalue weighted by molar-refractivity contribution is -0.274. The summed E-state index contributed by atoms with van der Waals surface area (Å²) in [4.78, 5) is 17.0. The molecule has 168 valence electrons. The number of piperazine rings is 1. The van der Waals surface area contributed by atoms with Crippen molar-refractivity contribution in [3.05, 3.63) is 59.9 Å². The zero-order valence-electron chi connectivity index (χ0n) is 17.1. The zero-order valence-corrected chi connectivity index (χ0v) is 17.1. The molecule has 0 spiro atoms. The molecule has 2 aromatic carbocycles. The van der Waals surface area contributed by atoms with Crippen LogP contribution in [0.1, 0.15) is 16.1 Å². The second-order valence-corrected chi connectivity index (χ2v) is 7.33. The van der Waals surface area contributed by atoms with E-state index in [2.05, 4.69) is 14.8 Å². The second kappa shape index (κ2) is 8.45. The average molecular weight is 447 g/mol. The monoisotopic (exact) mass is 447 g/mol. The molecule has 2 heterocycles. The standard InChI is InChI=1S/C22H20F3N3O4/c1-14-19(20(26-32-14)15-3-2-4-18(13-15)31-22(23,24)25)21(30)28-11-9-27(10-12-28)16-5-7-17(29)8-6-16/h2-8,13,29H,9-12H2,1H3. The van der Waals surface area contributed by atoms with Crippen molar-refractivity contribution >= 4 is 11.6 Å². The topological polar surface area (TPSA) is 79.0 Å². The molecule has 0 saturated carbocycles. The molecule has 1 aliphatic rings. The molecule has 1 aromatic heterocycles. The number of benzene rings is 2. The Morgan fingerprint density at radius 1 is 1.09 bits per heavy atom. The SMILES string of the molecule is Cc1onc(-c2cccc(OC(F)(F)F)c2)c1C(=O)N1CCN(c2ccc(O)cc2)CC1. The highest BCUT2D eigenvalue weighted by Crippen LogP contribution is 2.31. The number of hydrogen-bond acceptors (Lipinski definition) is 6. The highest BCUT2D eigenvalue weighted by Gasteiger charge is 2.32. The molecular formula is C22H20F3N3O4. The summed E-state index contributed by atoms with van der Waals surface area (Å²) in [7, 11) is 0. The highest BCUT2D eigenvalue weighted by molar-refractivity contribution is 6.01. The van der Waals surface area contributed by atoms with Gasteiger partial charge in [0, 0.05) is 37.4 Å². The molecule has 32 heavy (non-hydrogen) atoms. The number of aromatic hydroxyl groups is 1. The van der Waals surface area contributed by atoms with Crippen LogP contribution in [0, 0.1) is 6.92 Å². The first-order chi connectivity index (χ1) is 15.2. The first-order valence-electron chi connectivity index (χ1n) is 9.87. The van der Waals surface area contributed by atoms with E-state index in [1.807, 2.05) is 12.1 Å². The molecule has 3 aromatic rings. The number of carbonyl (C=O) groups is 1. The third kappa shape index (κ3) is 4.63. The third-order valence-corrected chi connectivity index (χ3v) is 5.20. The molecule has 7 nitrogen and oxygen atoms in total. The number of rotatable bonds is 4. The van der Waals surface area contributed by atoms with Gasteiger partial charge in [0.2, 0.25) is 0 Å². The van der Waals surface area contributed by atoms with E-state index in [0.717, 1.165) is 5.69 Å². The predicted octanol–water partition coefficient (Wildman–Crippen LogP) is 4.22. The quantitative estimate of drug-likeness (QED) is 0.645. The van der Waals surface area contributed by atoms with E-state index in [1.54, 1.807) is 30.0 Å². The summed E-state index contributed by atoms with van der Waals surface area (Å²) in [5.41, 5.74) is 1.61. The van der Waals surface area contributed by atoms with Crippen molar-refractivity contribution in [2.75, 3.05) is 31.1 Å². The number of phenols is 1. The van der Waals surface area contributed by atoms with Gasteiger partial charge in [0.15, 0.2) is 0 Å². The molecule has 0 bridgehead atoms. The summed E-state index contributed by atoms with van der Waals surface area (Å²) in [6.45, 7) is 3.66. The molecular weight excluding hydrogens is 427 g/mol. The molecule has 4 rings (SSSR count). The van der Waals surface area contributed by atoms with Crippen molar-refractivity contribution in [3.8, 4) is 22.8 Å². The molecule has 0 aliphatic carbocycles. The van der Waals surface area contributed by atoms with E-state index in [1.165, 1.54) is 18.2 Å². The number of anilines is 1. The maximum absolute atomic E-state index is 13.2. The molecule has 1 N–H and O–H groups in total. The van der Waals surface area contributed by atoms with Gasteiger partial charge in [0.05, 0.1) is 0 Å². The number of phenolic OH excluding ortho intramolecular Hbond substituents is 1. The fourth-order valence-electron chi connectivity index (χ4n) is 3.65. The van der Waals surface area contributed by atoms with Crippen molar-refractivity contribution in [2.24, 2.45) is 0 Å². The van der Waals surface area contributed by atoms with Crippen LogP contribution in [0.15, 0.2) is 53.1 Å². The van der Waals surface area contributed by atoms with E-state index in [0.29, 0.717) is 26.2 Å². The summed E-state index contributed by atoms with van der Waals surface area (Å²) >= 11 is 0. The summed E-state index contributed by atoms with van der Waals surface area (Å²) in [6, 6.07) is 12.1. The highest BCUT2D eigenvalue weighted by atomic mass is 19.4. The maximum atomic E-state index is 13.2. The lowest BCUT2D eigenvalue weighted by Gasteiger charge is -2.36. The minimum absolute atomic E-state index is 0.168. The van der Waals surface area contributed by atoms with Crippen LogP contribution in [0.25, 0.3) is 11.3 Å². The van der Waals surface area contributed by atoms with Gasteiger partial charge in [-0.25, -0.2) is 0 Å². The molecule has 0 radical (unpaired) electrons. The van der Waals surface area contributed by atoms with Crippen LogP contribution in [0.3, 0.4) is 0 Å². The van der Waals surface area contributed by atoms with E-state index in [-0.39, 0.29) is 34.2 Å². The Balaban J connectivity index is 1.52. The Bertz CT molecular complexity index is 1100. The molecule has 1 saturated heterocycles. The largest absolute Gasteiger partial charge is 0.573 e. The van der Waals surface area contributed by atoms with Crippen LogP contribution < -0.4 is 9.64 Å². The van der Waals surface area contributed by atoms with Gasteiger partial charge in [-0.2, -0.15) is 0 Å². The van der Waals surface area contributed by atoms with E-state index in [9.17, 15) is 23.1 Å². The minimum Gasteiger partial charge on any atom is -0.508 e. The van der Waals surface area contributed by atoms with Crippen LogP contribution in [-0.2, 0) is 0 Å². The number of ether oxygens (including phenoxy) is 1. The normalized spacial score (nSPS) is 14.5. The fraction of sp³-hybridized carbons (Fsp3) is 0.273. The Morgan fingerprint density at radius 2 is 1.78 bits per heavy atom. The number of carbonyl (C=O) groups excluding carboxylic acids is 1. The van der Waals surface area contributed by atoms with Crippen molar-refractivity contribution < 1.29 is 32.3 Å². The summed E-state index contributed by atoms with van der Waals surface area (Å²) in [6.07, 6.45) is -4.83. The molecule has 1 fully saturated rings. The van der Waals surface area contributed by atoms with Gasteiger partial charge < -0.3 is 24.2 Å². The van der Waals surface area contributed by atoms with Gasteiger partial charge >= 0.3 is 6.36 Å². The van der Waals surface area contributed by atoms with Gasteiger partial charge in [-0.15, -0.1) is 13.2 Å².